The zero-order valence-electron chi connectivity index (χ0n) is 12.2. The summed E-state index contributed by atoms with van der Waals surface area (Å²) in [6, 6.07) is 17.2. The fourth-order valence-corrected chi connectivity index (χ4v) is 2.93. The van der Waals surface area contributed by atoms with Gasteiger partial charge < -0.3 is 4.90 Å². The molecule has 3 nitrogen and oxygen atoms in total. The molecule has 108 valence electrons. The van der Waals surface area contributed by atoms with Crippen LogP contribution in [-0.4, -0.2) is 26.9 Å². The van der Waals surface area contributed by atoms with Crippen LogP contribution < -0.4 is 4.90 Å². The second-order valence-electron chi connectivity index (χ2n) is 5.22. The van der Waals surface area contributed by atoms with E-state index in [1.807, 2.05) is 6.07 Å². The molecule has 0 saturated carbocycles. The monoisotopic (exact) mass is 391 g/mol. The molecule has 1 aromatic carbocycles. The van der Waals surface area contributed by atoms with Gasteiger partial charge in [0.1, 0.15) is 11.5 Å². The van der Waals surface area contributed by atoms with Crippen molar-refractivity contribution in [2.75, 3.05) is 16.4 Å². The molecule has 3 rings (SSSR count). The van der Waals surface area contributed by atoms with E-state index in [1.165, 1.54) is 11.3 Å². The lowest BCUT2D eigenvalue weighted by atomic mass is 10.1. The second kappa shape index (κ2) is 6.05. The van der Waals surface area contributed by atoms with E-state index in [-0.39, 0.29) is 0 Å². The molecule has 0 aliphatic heterocycles. The van der Waals surface area contributed by atoms with Crippen LogP contribution in [0.4, 0.5) is 5.82 Å². The Labute approximate surface area is 138 Å². The fourth-order valence-electron chi connectivity index (χ4n) is 2.34. The van der Waals surface area contributed by atoms with E-state index in [0.29, 0.717) is 6.04 Å². The van der Waals surface area contributed by atoms with Gasteiger partial charge in [-0.05, 0) is 24.6 Å². The van der Waals surface area contributed by atoms with Crippen molar-refractivity contribution >= 4 is 34.1 Å². The molecule has 0 amide bonds. The lowest BCUT2D eigenvalue weighted by Crippen LogP contribution is -2.30. The quantitative estimate of drug-likeness (QED) is 0.490. The van der Waals surface area contributed by atoms with Crippen molar-refractivity contribution in [3.05, 3.63) is 54.7 Å². The van der Waals surface area contributed by atoms with Gasteiger partial charge in [0.05, 0.1) is 11.9 Å². The third-order valence-corrected chi connectivity index (χ3v) is 5.07. The van der Waals surface area contributed by atoms with Crippen LogP contribution in [0.3, 0.4) is 0 Å². The molecule has 3 aromatic rings. The van der Waals surface area contributed by atoms with Gasteiger partial charge in [-0.2, -0.15) is 0 Å². The van der Waals surface area contributed by atoms with Gasteiger partial charge in [0.15, 0.2) is 0 Å². The first-order valence-electron chi connectivity index (χ1n) is 7.03. The van der Waals surface area contributed by atoms with Crippen molar-refractivity contribution in [2.45, 2.75) is 13.0 Å². The van der Waals surface area contributed by atoms with E-state index in [4.69, 9.17) is 4.98 Å². The first kappa shape index (κ1) is 14.4. The molecule has 0 aliphatic carbocycles. The Morgan fingerprint density at radius 3 is 2.62 bits per heavy atom. The summed E-state index contributed by atoms with van der Waals surface area (Å²) in [6.07, 6.45) is 2.13. The van der Waals surface area contributed by atoms with Crippen LogP contribution in [0.2, 0.25) is 0 Å². The zero-order chi connectivity index (χ0) is 14.8. The third-order valence-electron chi connectivity index (χ3n) is 3.79. The Morgan fingerprint density at radius 2 is 1.90 bits per heavy atom. The first-order chi connectivity index (χ1) is 10.2. The number of rotatable bonds is 4. The predicted octanol–water partition coefficient (Wildman–Crippen LogP) is 4.26. The maximum absolute atomic E-state index is 4.75. The molecule has 2 heterocycles. The van der Waals surface area contributed by atoms with Gasteiger partial charge in [0.2, 0.25) is 0 Å². The second-order valence-corrected chi connectivity index (χ2v) is 6.10. The molecular weight excluding hydrogens is 373 g/mol. The van der Waals surface area contributed by atoms with E-state index in [9.17, 15) is 0 Å². The number of aromatic nitrogens is 2. The fraction of sp³-hybridized carbons (Fsp3) is 0.235. The largest absolute Gasteiger partial charge is 0.355 e. The number of benzene rings is 1. The average Bonchev–Trinajstić information content (AvgIpc) is 2.98. The van der Waals surface area contributed by atoms with Crippen LogP contribution in [0.1, 0.15) is 6.92 Å². The summed E-state index contributed by atoms with van der Waals surface area (Å²) in [4.78, 5) is 6.98. The summed E-state index contributed by atoms with van der Waals surface area (Å²) in [6.45, 7) is 2.22. The van der Waals surface area contributed by atoms with Crippen molar-refractivity contribution in [2.24, 2.45) is 0 Å². The highest BCUT2D eigenvalue weighted by Gasteiger charge is 2.13. The molecule has 0 aliphatic rings. The topological polar surface area (TPSA) is 20.5 Å². The van der Waals surface area contributed by atoms with Gasteiger partial charge in [-0.3, -0.25) is 4.40 Å². The number of alkyl halides is 1. The molecule has 0 saturated heterocycles. The molecular formula is C17H18IN3. The van der Waals surface area contributed by atoms with E-state index >= 15 is 0 Å². The number of imidazole rings is 1. The third kappa shape index (κ3) is 2.77. The van der Waals surface area contributed by atoms with Crippen LogP contribution in [0.25, 0.3) is 16.9 Å². The number of hydrogen-bond acceptors (Lipinski definition) is 2. The number of hydrogen-bond donors (Lipinski definition) is 0. The van der Waals surface area contributed by atoms with Gasteiger partial charge >= 0.3 is 0 Å². The number of halogens is 1. The van der Waals surface area contributed by atoms with Crippen LogP contribution in [0, 0.1) is 0 Å². The van der Waals surface area contributed by atoms with Crippen LogP contribution in [-0.2, 0) is 0 Å². The van der Waals surface area contributed by atoms with Gasteiger partial charge in [-0.1, -0.05) is 59.0 Å². The highest BCUT2D eigenvalue weighted by atomic mass is 127. The molecule has 0 bridgehead atoms. The maximum Gasteiger partial charge on any atom is 0.147 e. The minimum Gasteiger partial charge on any atom is -0.355 e. The smallest absolute Gasteiger partial charge is 0.147 e. The maximum atomic E-state index is 4.75. The number of nitrogens with zero attached hydrogens (tertiary/aromatic N) is 3. The molecule has 0 fully saturated rings. The summed E-state index contributed by atoms with van der Waals surface area (Å²) in [7, 11) is 2.10. The Morgan fingerprint density at radius 1 is 1.14 bits per heavy atom. The van der Waals surface area contributed by atoms with E-state index in [0.717, 1.165) is 15.9 Å². The minimum atomic E-state index is 0.468. The first-order valence-corrected chi connectivity index (χ1v) is 8.55. The summed E-state index contributed by atoms with van der Waals surface area (Å²) in [5, 5.41) is 0. The zero-order valence-corrected chi connectivity index (χ0v) is 14.4. The molecule has 2 aromatic heterocycles. The molecule has 0 spiro atoms. The normalized spacial score (nSPS) is 12.5. The van der Waals surface area contributed by atoms with Crippen molar-refractivity contribution in [3.8, 4) is 11.3 Å². The molecule has 1 unspecified atom stereocenters. The van der Waals surface area contributed by atoms with Crippen LogP contribution >= 0.6 is 22.6 Å². The van der Waals surface area contributed by atoms with Crippen molar-refractivity contribution in [1.29, 1.82) is 0 Å². The highest BCUT2D eigenvalue weighted by Crippen LogP contribution is 2.24. The standard InChI is InChI=1S/C17H18IN3/c1-13(11-18)20(2)17-12-21-15(9-6-10-16(21)19-17)14-7-4-3-5-8-14/h3-10,12-13H,11H2,1-2H3. The summed E-state index contributed by atoms with van der Waals surface area (Å²) in [5.41, 5.74) is 3.36. The molecule has 0 N–H and O–H groups in total. The molecule has 1 atom stereocenters. The SMILES string of the molecule is CC(CI)N(C)c1cn2c(-c3ccccc3)cccc2n1. The highest BCUT2D eigenvalue weighted by molar-refractivity contribution is 14.1. The molecule has 21 heavy (non-hydrogen) atoms. The van der Waals surface area contributed by atoms with Gasteiger partial charge in [-0.15, -0.1) is 0 Å². The van der Waals surface area contributed by atoms with Gasteiger partial charge in [-0.25, -0.2) is 4.98 Å². The Bertz CT molecular complexity index is 736. The number of anilines is 1. The summed E-state index contributed by atoms with van der Waals surface area (Å²) < 4.78 is 3.24. The van der Waals surface area contributed by atoms with Crippen molar-refractivity contribution < 1.29 is 0 Å². The van der Waals surface area contributed by atoms with Crippen LogP contribution in [0.15, 0.2) is 54.7 Å². The number of fused-ring (bicyclic) bond motifs is 1. The lowest BCUT2D eigenvalue weighted by molar-refractivity contribution is 0.765. The van der Waals surface area contributed by atoms with Gasteiger partial charge in [0.25, 0.3) is 0 Å². The van der Waals surface area contributed by atoms with Crippen molar-refractivity contribution in [3.63, 3.8) is 0 Å². The van der Waals surface area contributed by atoms with Crippen LogP contribution in [0.5, 0.6) is 0 Å². The Hall–Kier alpha value is -1.56. The Balaban J connectivity index is 2.10. The van der Waals surface area contributed by atoms with E-state index < -0.39 is 0 Å². The Kier molecular flexibility index (Phi) is 4.14. The predicted molar refractivity (Wildman–Crippen MR) is 97.4 cm³/mol. The van der Waals surface area contributed by atoms with E-state index in [1.54, 1.807) is 0 Å². The average molecular weight is 391 g/mol. The molecule has 0 radical (unpaired) electrons. The van der Waals surface area contributed by atoms with Gasteiger partial charge in [0, 0.05) is 17.5 Å². The summed E-state index contributed by atoms with van der Waals surface area (Å²) in [5.74, 6) is 1.02. The van der Waals surface area contributed by atoms with E-state index in [2.05, 4.69) is 94.5 Å². The summed E-state index contributed by atoms with van der Waals surface area (Å²) >= 11 is 2.41. The lowest BCUT2D eigenvalue weighted by Gasteiger charge is -2.22. The minimum absolute atomic E-state index is 0.468. The van der Waals surface area contributed by atoms with Crippen molar-refractivity contribution in [1.82, 2.24) is 9.38 Å². The molecule has 4 heteroatoms. The number of pyridine rings is 1.